The number of pyridine rings is 1. The zero-order valence-corrected chi connectivity index (χ0v) is 15.2. The fraction of sp³-hybridized carbons (Fsp3) is 0.222. The number of nitrogens with zero attached hydrogens (tertiary/aromatic N) is 1. The second-order valence-corrected chi connectivity index (χ2v) is 7.55. The van der Waals surface area contributed by atoms with Crippen LogP contribution in [0.5, 0.6) is 0 Å². The Morgan fingerprint density at radius 3 is 2.44 bits per heavy atom. The summed E-state index contributed by atoms with van der Waals surface area (Å²) in [7, 11) is -3.51. The number of aryl methyl sites for hydroxylation is 1. The number of carbonyl (C=O) groups excluding carboxylic acids is 1. The van der Waals surface area contributed by atoms with E-state index in [4.69, 9.17) is 0 Å². The van der Waals surface area contributed by atoms with E-state index in [1.54, 1.807) is 44.3 Å². The van der Waals surface area contributed by atoms with Gasteiger partial charge in [0, 0.05) is 18.3 Å². The summed E-state index contributed by atoms with van der Waals surface area (Å²) >= 11 is 0. The maximum Gasteiger partial charge on any atom is 0.249 e. The maximum atomic E-state index is 12.1. The van der Waals surface area contributed by atoms with E-state index in [9.17, 15) is 13.2 Å². The fourth-order valence-electron chi connectivity index (χ4n) is 2.08. The minimum absolute atomic E-state index is 0.177. The summed E-state index contributed by atoms with van der Waals surface area (Å²) in [6.07, 6.45) is 4.60. The van der Waals surface area contributed by atoms with Crippen molar-refractivity contribution in [2.75, 3.05) is 5.32 Å². The largest absolute Gasteiger partial charge is 0.307 e. The van der Waals surface area contributed by atoms with Crippen LogP contribution in [-0.4, -0.2) is 25.4 Å². The van der Waals surface area contributed by atoms with Gasteiger partial charge in [-0.1, -0.05) is 18.2 Å². The Labute approximate surface area is 148 Å². The predicted octanol–water partition coefficient (Wildman–Crippen LogP) is 2.73. The lowest BCUT2D eigenvalue weighted by Crippen LogP contribution is -2.30. The molecule has 25 heavy (non-hydrogen) atoms. The highest BCUT2D eigenvalue weighted by Crippen LogP contribution is 2.13. The molecule has 2 rings (SSSR count). The topological polar surface area (TPSA) is 88.2 Å². The van der Waals surface area contributed by atoms with Gasteiger partial charge in [0.2, 0.25) is 15.9 Å². The zero-order valence-electron chi connectivity index (χ0n) is 14.4. The number of carbonyl (C=O) groups is 1. The van der Waals surface area contributed by atoms with Gasteiger partial charge in [0.05, 0.1) is 4.90 Å². The predicted molar refractivity (Wildman–Crippen MR) is 98.5 cm³/mol. The molecule has 2 aromatic rings. The van der Waals surface area contributed by atoms with E-state index in [2.05, 4.69) is 15.0 Å². The van der Waals surface area contributed by atoms with Crippen LogP contribution >= 0.6 is 0 Å². The number of benzene rings is 1. The first-order chi connectivity index (χ1) is 11.8. The Morgan fingerprint density at radius 2 is 1.84 bits per heavy atom. The molecule has 6 nitrogen and oxygen atoms in total. The average molecular weight is 359 g/mol. The number of nitrogens with one attached hydrogen (secondary N) is 2. The van der Waals surface area contributed by atoms with Gasteiger partial charge in [0.15, 0.2) is 0 Å². The van der Waals surface area contributed by atoms with E-state index in [-0.39, 0.29) is 16.8 Å². The van der Waals surface area contributed by atoms with E-state index in [0.29, 0.717) is 5.82 Å². The van der Waals surface area contributed by atoms with Gasteiger partial charge >= 0.3 is 0 Å². The van der Waals surface area contributed by atoms with Gasteiger partial charge in [-0.15, -0.1) is 0 Å². The van der Waals surface area contributed by atoms with Crippen molar-refractivity contribution in [3.8, 4) is 0 Å². The van der Waals surface area contributed by atoms with Gasteiger partial charge in [0.25, 0.3) is 0 Å². The maximum absolute atomic E-state index is 12.1. The van der Waals surface area contributed by atoms with Crippen LogP contribution in [0.2, 0.25) is 0 Å². The molecule has 1 heterocycles. The highest BCUT2D eigenvalue weighted by molar-refractivity contribution is 7.89. The first-order valence-corrected chi connectivity index (χ1v) is 9.29. The van der Waals surface area contributed by atoms with E-state index < -0.39 is 10.0 Å². The molecular weight excluding hydrogens is 338 g/mol. The van der Waals surface area contributed by atoms with E-state index >= 15 is 0 Å². The van der Waals surface area contributed by atoms with Crippen molar-refractivity contribution in [3.63, 3.8) is 0 Å². The quantitative estimate of drug-likeness (QED) is 0.776. The Hall–Kier alpha value is -2.51. The smallest absolute Gasteiger partial charge is 0.249 e. The highest BCUT2D eigenvalue weighted by atomic mass is 32.2. The van der Waals surface area contributed by atoms with Crippen molar-refractivity contribution in [2.45, 2.75) is 31.7 Å². The highest BCUT2D eigenvalue weighted by Gasteiger charge is 2.14. The lowest BCUT2D eigenvalue weighted by atomic mass is 10.2. The second-order valence-electron chi connectivity index (χ2n) is 5.84. The molecule has 0 saturated carbocycles. The Bertz CT molecular complexity index is 873. The third-order valence-corrected chi connectivity index (χ3v) is 4.93. The van der Waals surface area contributed by atoms with Crippen molar-refractivity contribution in [2.24, 2.45) is 0 Å². The molecule has 0 radical (unpaired) electrons. The number of aromatic nitrogens is 1. The summed E-state index contributed by atoms with van der Waals surface area (Å²) in [6.45, 7) is 5.38. The Morgan fingerprint density at radius 1 is 1.16 bits per heavy atom. The van der Waals surface area contributed by atoms with Crippen molar-refractivity contribution >= 4 is 27.8 Å². The van der Waals surface area contributed by atoms with Crippen LogP contribution in [0.3, 0.4) is 0 Å². The molecule has 0 fully saturated rings. The van der Waals surface area contributed by atoms with Gasteiger partial charge in [0.1, 0.15) is 5.82 Å². The van der Waals surface area contributed by atoms with Crippen LogP contribution in [0.15, 0.2) is 53.6 Å². The van der Waals surface area contributed by atoms with Crippen LogP contribution in [0.4, 0.5) is 5.82 Å². The van der Waals surface area contributed by atoms with Gasteiger partial charge in [-0.2, -0.15) is 0 Å². The van der Waals surface area contributed by atoms with Crippen LogP contribution < -0.4 is 10.0 Å². The first-order valence-electron chi connectivity index (χ1n) is 7.81. The molecular formula is C18H21N3O3S. The van der Waals surface area contributed by atoms with E-state index in [1.807, 2.05) is 13.0 Å². The first kappa shape index (κ1) is 18.8. The van der Waals surface area contributed by atoms with Crippen LogP contribution in [0.1, 0.15) is 25.0 Å². The standard InChI is InChI=1S/C18H21N3O3S/c1-13(2)21-25(23,24)16-9-6-15(7-10-16)8-11-17(22)20-18-14(3)5-4-12-19-18/h4-13,21H,1-3H3,(H,19,20,22)/b11-8-. The molecule has 0 aliphatic heterocycles. The fourth-order valence-corrected chi connectivity index (χ4v) is 3.33. The molecule has 7 heteroatoms. The van der Waals surface area contributed by atoms with Gasteiger partial charge in [-0.3, -0.25) is 4.79 Å². The molecule has 0 atom stereocenters. The number of anilines is 1. The molecule has 0 aliphatic rings. The SMILES string of the molecule is Cc1cccnc1NC(=O)/C=C\c1ccc(S(=O)(=O)NC(C)C)cc1. The number of amides is 1. The van der Waals surface area contributed by atoms with Gasteiger partial charge in [-0.05, 0) is 56.2 Å². The number of sulfonamides is 1. The van der Waals surface area contributed by atoms with E-state index in [0.717, 1.165) is 11.1 Å². The van der Waals surface area contributed by atoms with Crippen LogP contribution in [0, 0.1) is 6.92 Å². The minimum Gasteiger partial charge on any atom is -0.307 e. The lowest BCUT2D eigenvalue weighted by Gasteiger charge is -2.09. The molecule has 0 aliphatic carbocycles. The molecule has 0 bridgehead atoms. The Kier molecular flexibility index (Phi) is 6.06. The van der Waals surface area contributed by atoms with Crippen molar-refractivity contribution < 1.29 is 13.2 Å². The molecule has 0 unspecified atom stereocenters. The number of rotatable bonds is 6. The summed E-state index contributed by atoms with van der Waals surface area (Å²) in [5.74, 6) is 0.207. The summed E-state index contributed by atoms with van der Waals surface area (Å²) < 4.78 is 26.6. The summed E-state index contributed by atoms with van der Waals surface area (Å²) in [6, 6.07) is 9.77. The van der Waals surface area contributed by atoms with Crippen molar-refractivity contribution in [1.82, 2.24) is 9.71 Å². The normalized spacial score (nSPS) is 11.8. The number of hydrogen-bond donors (Lipinski definition) is 2. The second kappa shape index (κ2) is 8.04. The monoisotopic (exact) mass is 359 g/mol. The van der Waals surface area contributed by atoms with Crippen LogP contribution in [0.25, 0.3) is 6.08 Å². The third-order valence-electron chi connectivity index (χ3n) is 3.26. The molecule has 0 spiro atoms. The summed E-state index contributed by atoms with van der Waals surface area (Å²) in [4.78, 5) is 16.2. The number of hydrogen-bond acceptors (Lipinski definition) is 4. The molecule has 2 N–H and O–H groups in total. The zero-order chi connectivity index (χ0) is 18.4. The molecule has 1 amide bonds. The molecule has 0 saturated heterocycles. The van der Waals surface area contributed by atoms with Crippen molar-refractivity contribution in [3.05, 3.63) is 59.8 Å². The summed E-state index contributed by atoms with van der Waals surface area (Å²) in [5, 5.41) is 2.69. The third kappa shape index (κ3) is 5.51. The van der Waals surface area contributed by atoms with Crippen molar-refractivity contribution in [1.29, 1.82) is 0 Å². The molecule has 132 valence electrons. The molecule has 1 aromatic heterocycles. The van der Waals surface area contributed by atoms with Gasteiger partial charge < -0.3 is 5.32 Å². The van der Waals surface area contributed by atoms with Gasteiger partial charge in [-0.25, -0.2) is 18.1 Å². The minimum atomic E-state index is -3.51. The average Bonchev–Trinajstić information content (AvgIpc) is 2.54. The Balaban J connectivity index is 2.04. The lowest BCUT2D eigenvalue weighted by molar-refractivity contribution is -0.111. The van der Waals surface area contributed by atoms with E-state index in [1.165, 1.54) is 18.2 Å². The summed E-state index contributed by atoms with van der Waals surface area (Å²) in [5.41, 5.74) is 1.59. The van der Waals surface area contributed by atoms with Crippen LogP contribution in [-0.2, 0) is 14.8 Å². The molecule has 1 aromatic carbocycles.